The average Bonchev–Trinajstić information content (AvgIpc) is 2.88. The SMILES string of the molecule is COC1[C@@H](OP(O)(=S)C(C)C)[C@@H](CNP(=O)(O)O)C[C@H]1n1ccc(=O)[nH]c1=O. The fourth-order valence-electron chi connectivity index (χ4n) is 3.19. The van der Waals surface area contributed by atoms with Gasteiger partial charge in [0.1, 0.15) is 6.10 Å². The van der Waals surface area contributed by atoms with Crippen LogP contribution in [0.15, 0.2) is 21.9 Å². The van der Waals surface area contributed by atoms with Crippen molar-refractivity contribution in [3.63, 3.8) is 0 Å². The fraction of sp³-hybridized carbons (Fsp3) is 0.714. The Hall–Kier alpha value is -0.680. The van der Waals surface area contributed by atoms with E-state index in [4.69, 9.17) is 30.9 Å². The molecule has 14 heteroatoms. The molecule has 1 heterocycles. The van der Waals surface area contributed by atoms with E-state index in [1.54, 1.807) is 13.8 Å². The summed E-state index contributed by atoms with van der Waals surface area (Å²) >= 11 is 5.21. The lowest BCUT2D eigenvalue weighted by atomic mass is 10.1. The van der Waals surface area contributed by atoms with Crippen molar-refractivity contribution in [3.05, 3.63) is 33.1 Å². The van der Waals surface area contributed by atoms with E-state index in [1.165, 1.54) is 23.9 Å². The number of hydrogen-bond donors (Lipinski definition) is 5. The van der Waals surface area contributed by atoms with Crippen LogP contribution in [-0.2, 0) is 25.6 Å². The molecule has 160 valence electrons. The second-order valence-electron chi connectivity index (χ2n) is 6.92. The molecule has 0 spiro atoms. The highest BCUT2D eigenvalue weighted by Gasteiger charge is 2.48. The third-order valence-corrected chi connectivity index (χ3v) is 8.65. The first-order valence-corrected chi connectivity index (χ1v) is 12.9. The van der Waals surface area contributed by atoms with Gasteiger partial charge in [-0.2, -0.15) is 0 Å². The van der Waals surface area contributed by atoms with E-state index in [2.05, 4.69) is 10.1 Å². The summed E-state index contributed by atoms with van der Waals surface area (Å²) in [5.74, 6) is -0.519. The van der Waals surface area contributed by atoms with Gasteiger partial charge in [0.15, 0.2) is 6.49 Å². The number of aromatic nitrogens is 2. The van der Waals surface area contributed by atoms with E-state index in [9.17, 15) is 19.0 Å². The van der Waals surface area contributed by atoms with Crippen LogP contribution < -0.4 is 16.3 Å². The van der Waals surface area contributed by atoms with Gasteiger partial charge in [0.2, 0.25) is 0 Å². The van der Waals surface area contributed by atoms with Gasteiger partial charge in [0, 0.05) is 37.5 Å². The third kappa shape index (κ3) is 5.69. The highest BCUT2D eigenvalue weighted by atomic mass is 32.5. The molecule has 0 aromatic carbocycles. The van der Waals surface area contributed by atoms with Crippen molar-refractivity contribution in [1.29, 1.82) is 0 Å². The van der Waals surface area contributed by atoms with Gasteiger partial charge in [-0.25, -0.2) is 14.4 Å². The second-order valence-corrected chi connectivity index (χ2v) is 12.3. The molecule has 5 atom stereocenters. The van der Waals surface area contributed by atoms with Gasteiger partial charge in [-0.1, -0.05) is 13.8 Å². The predicted molar refractivity (Wildman–Crippen MR) is 106 cm³/mol. The van der Waals surface area contributed by atoms with Gasteiger partial charge in [0.25, 0.3) is 5.56 Å². The van der Waals surface area contributed by atoms with Gasteiger partial charge >= 0.3 is 13.4 Å². The normalized spacial score (nSPS) is 27.8. The monoisotopic (exact) mass is 457 g/mol. The summed E-state index contributed by atoms with van der Waals surface area (Å²) in [6.07, 6.45) is 0.0206. The maximum Gasteiger partial charge on any atom is 0.400 e. The molecule has 0 amide bonds. The maximum absolute atomic E-state index is 12.2. The minimum Gasteiger partial charge on any atom is -0.377 e. The molecule has 2 rings (SSSR count). The minimum absolute atomic E-state index is 0.142. The maximum atomic E-state index is 12.2. The number of H-pyrrole nitrogens is 1. The summed E-state index contributed by atoms with van der Waals surface area (Å²) in [4.78, 5) is 54.5. The first kappa shape index (κ1) is 23.6. The quantitative estimate of drug-likeness (QED) is 0.333. The van der Waals surface area contributed by atoms with Crippen molar-refractivity contribution >= 4 is 26.0 Å². The Morgan fingerprint density at radius 3 is 2.50 bits per heavy atom. The van der Waals surface area contributed by atoms with Crippen LogP contribution in [0.2, 0.25) is 0 Å². The number of nitrogens with zero attached hydrogens (tertiary/aromatic N) is 1. The number of aromatic amines is 1. The van der Waals surface area contributed by atoms with Crippen molar-refractivity contribution < 1.29 is 28.5 Å². The third-order valence-electron chi connectivity index (χ3n) is 4.68. The Morgan fingerprint density at radius 2 is 2.00 bits per heavy atom. The van der Waals surface area contributed by atoms with Crippen molar-refractivity contribution in [2.24, 2.45) is 5.92 Å². The molecule has 1 aliphatic rings. The van der Waals surface area contributed by atoms with E-state index in [0.29, 0.717) is 0 Å². The number of methoxy groups -OCH3 is 1. The van der Waals surface area contributed by atoms with Crippen LogP contribution in [0.3, 0.4) is 0 Å². The van der Waals surface area contributed by atoms with Gasteiger partial charge in [-0.05, 0) is 18.2 Å². The second kappa shape index (κ2) is 8.99. The van der Waals surface area contributed by atoms with E-state index < -0.39 is 49.7 Å². The minimum atomic E-state index is -4.49. The van der Waals surface area contributed by atoms with E-state index in [-0.39, 0.29) is 18.6 Å². The van der Waals surface area contributed by atoms with Gasteiger partial charge in [-0.3, -0.25) is 14.3 Å². The molecule has 28 heavy (non-hydrogen) atoms. The van der Waals surface area contributed by atoms with Crippen LogP contribution in [0.4, 0.5) is 0 Å². The zero-order chi connectivity index (χ0) is 21.3. The first-order valence-electron chi connectivity index (χ1n) is 8.51. The molecule has 0 radical (unpaired) electrons. The molecule has 0 bridgehead atoms. The Bertz CT molecular complexity index is 897. The summed E-state index contributed by atoms with van der Waals surface area (Å²) in [5, 5.41) is 2.13. The highest BCUT2D eigenvalue weighted by Crippen LogP contribution is 2.53. The van der Waals surface area contributed by atoms with Crippen molar-refractivity contribution in [1.82, 2.24) is 14.6 Å². The molecule has 5 N–H and O–H groups in total. The molecule has 1 aliphatic carbocycles. The molecule has 1 aromatic heterocycles. The van der Waals surface area contributed by atoms with Crippen molar-refractivity contribution in [3.8, 4) is 0 Å². The predicted octanol–water partition coefficient (Wildman–Crippen LogP) is -0.110. The number of hydrogen-bond acceptors (Lipinski definition) is 6. The Labute approximate surface area is 166 Å². The van der Waals surface area contributed by atoms with Gasteiger partial charge in [-0.15, -0.1) is 0 Å². The zero-order valence-electron chi connectivity index (χ0n) is 15.6. The first-order chi connectivity index (χ1) is 12.9. The van der Waals surface area contributed by atoms with Crippen molar-refractivity contribution in [2.75, 3.05) is 13.7 Å². The molecule has 1 aromatic rings. The lowest BCUT2D eigenvalue weighted by Crippen LogP contribution is -2.39. The lowest BCUT2D eigenvalue weighted by Gasteiger charge is -2.31. The van der Waals surface area contributed by atoms with E-state index in [0.717, 1.165) is 0 Å². The van der Waals surface area contributed by atoms with Crippen LogP contribution in [0.25, 0.3) is 0 Å². The number of rotatable bonds is 8. The largest absolute Gasteiger partial charge is 0.400 e. The molecule has 0 aliphatic heterocycles. The average molecular weight is 457 g/mol. The molecule has 11 nitrogen and oxygen atoms in total. The van der Waals surface area contributed by atoms with Crippen LogP contribution in [0, 0.1) is 5.92 Å². The molecule has 1 fully saturated rings. The smallest absolute Gasteiger partial charge is 0.377 e. The highest BCUT2D eigenvalue weighted by molar-refractivity contribution is 8.09. The van der Waals surface area contributed by atoms with E-state index in [1.807, 2.05) is 0 Å². The molecular formula is C14H25N3O8P2S. The topological polar surface area (TPSA) is 163 Å². The molecule has 1 saturated carbocycles. The molecular weight excluding hydrogens is 432 g/mol. The van der Waals surface area contributed by atoms with Gasteiger partial charge in [0.05, 0.1) is 12.1 Å². The van der Waals surface area contributed by atoms with Crippen LogP contribution in [0.5, 0.6) is 0 Å². The molecule has 2 unspecified atom stereocenters. The van der Waals surface area contributed by atoms with Gasteiger partial charge < -0.3 is 23.9 Å². The number of nitrogens with one attached hydrogen (secondary N) is 2. The summed E-state index contributed by atoms with van der Waals surface area (Å²) < 4.78 is 23.9. The standard InChI is InChI=1S/C14H25N3O8P2S/c1-8(2)26(20,28)25-12-9(7-15-27(21,22)23)6-10(13(12)24-3)17-5-4-11(18)16-14(17)19/h4-5,8-10,12-13H,6-7H2,1-3H3,(H,20,28)(H,16,18,19)(H3,15,21,22,23)/t9-,10-,12+,13?,26?/m1/s1. The molecule has 0 saturated heterocycles. The summed E-state index contributed by atoms with van der Waals surface area (Å²) in [7, 11) is -3.09. The Kier molecular flexibility index (Phi) is 7.58. The van der Waals surface area contributed by atoms with Crippen LogP contribution in [0.1, 0.15) is 26.3 Å². The fourth-order valence-corrected chi connectivity index (χ4v) is 4.85. The zero-order valence-corrected chi connectivity index (χ0v) is 18.2. The Balaban J connectivity index is 2.41. The van der Waals surface area contributed by atoms with Crippen molar-refractivity contribution in [2.45, 2.75) is 44.2 Å². The summed E-state index contributed by atoms with van der Waals surface area (Å²) in [6, 6.07) is 0.598. The summed E-state index contributed by atoms with van der Waals surface area (Å²) in [6.45, 7) is 0.0659. The summed E-state index contributed by atoms with van der Waals surface area (Å²) in [5.41, 5.74) is -1.54. The van der Waals surface area contributed by atoms with E-state index >= 15 is 0 Å². The van der Waals surface area contributed by atoms with Crippen LogP contribution in [-0.4, -0.2) is 55.8 Å². The lowest BCUT2D eigenvalue weighted by molar-refractivity contribution is -0.0101. The van der Waals surface area contributed by atoms with Crippen LogP contribution >= 0.6 is 14.2 Å². The number of ether oxygens (including phenoxy) is 1. The Morgan fingerprint density at radius 1 is 1.36 bits per heavy atom.